The number of hydrogen-bond donors (Lipinski definition) is 1. The van der Waals surface area contributed by atoms with E-state index in [4.69, 9.17) is 39.5 Å². The van der Waals surface area contributed by atoms with E-state index < -0.39 is 24.4 Å². The minimum atomic E-state index is -0.652. The van der Waals surface area contributed by atoms with Crippen molar-refractivity contribution >= 4 is 64.0 Å². The molecule has 0 radical (unpaired) electrons. The molecule has 0 bridgehead atoms. The quantitative estimate of drug-likeness (QED) is 0.674. The molecule has 0 spiro atoms. The maximum atomic E-state index is 12.3. The molecule has 6 nitrogen and oxygen atoms in total. The zero-order valence-corrected chi connectivity index (χ0v) is 17.6. The fraction of sp³-hybridized carbons (Fsp3) is 0.250. The first-order chi connectivity index (χ1) is 13.7. The van der Waals surface area contributed by atoms with Gasteiger partial charge in [-0.15, -0.1) is 0 Å². The lowest BCUT2D eigenvalue weighted by atomic mass is 10.1. The van der Waals surface area contributed by atoms with Crippen molar-refractivity contribution in [2.24, 2.45) is 5.92 Å². The molecule has 0 saturated carbocycles. The Kier molecular flexibility index (Phi) is 6.67. The third kappa shape index (κ3) is 5.21. The highest BCUT2D eigenvalue weighted by atomic mass is 35.5. The van der Waals surface area contributed by atoms with Gasteiger partial charge in [0, 0.05) is 29.4 Å². The molecule has 0 aromatic heterocycles. The highest BCUT2D eigenvalue weighted by Crippen LogP contribution is 2.29. The van der Waals surface area contributed by atoms with E-state index >= 15 is 0 Å². The number of halogens is 3. The van der Waals surface area contributed by atoms with Crippen molar-refractivity contribution in [3.63, 3.8) is 0 Å². The predicted octanol–water partition coefficient (Wildman–Crippen LogP) is 4.49. The first-order valence-electron chi connectivity index (χ1n) is 8.72. The lowest BCUT2D eigenvalue weighted by Crippen LogP contribution is -2.28. The van der Waals surface area contributed by atoms with Gasteiger partial charge in [0.1, 0.15) is 0 Å². The van der Waals surface area contributed by atoms with Crippen LogP contribution in [0.3, 0.4) is 0 Å². The van der Waals surface area contributed by atoms with E-state index in [0.29, 0.717) is 26.4 Å². The van der Waals surface area contributed by atoms with Crippen LogP contribution >= 0.6 is 34.8 Å². The number of carbonyl (C=O) groups is 3. The average molecular weight is 456 g/mol. The van der Waals surface area contributed by atoms with Crippen molar-refractivity contribution < 1.29 is 19.1 Å². The first-order valence-corrected chi connectivity index (χ1v) is 9.86. The molecular weight excluding hydrogens is 439 g/mol. The number of nitrogens with zero attached hydrogens (tertiary/aromatic N) is 1. The summed E-state index contributed by atoms with van der Waals surface area (Å²) in [7, 11) is 0. The van der Waals surface area contributed by atoms with Crippen molar-refractivity contribution in [1.29, 1.82) is 0 Å². The molecule has 1 aliphatic heterocycles. The van der Waals surface area contributed by atoms with E-state index in [1.165, 1.54) is 11.0 Å². The van der Waals surface area contributed by atoms with Gasteiger partial charge >= 0.3 is 5.97 Å². The second-order valence-electron chi connectivity index (χ2n) is 6.62. The third-order valence-electron chi connectivity index (χ3n) is 4.47. The van der Waals surface area contributed by atoms with Gasteiger partial charge in [0.2, 0.25) is 5.91 Å². The van der Waals surface area contributed by atoms with Crippen molar-refractivity contribution in [1.82, 2.24) is 0 Å². The van der Waals surface area contributed by atoms with Gasteiger partial charge in [-0.3, -0.25) is 14.4 Å². The molecule has 2 amide bonds. The topological polar surface area (TPSA) is 75.7 Å². The van der Waals surface area contributed by atoms with Crippen LogP contribution in [-0.2, 0) is 19.1 Å². The molecule has 1 N–H and O–H groups in total. The standard InChI is InChI=1S/C20H17Cl3N2O4/c1-11-2-4-14(8-16(11)22)25-9-12(6-19(25)27)20(28)29-10-18(26)24-13-3-5-15(21)17(23)7-13/h2-5,7-8,12H,6,9-10H2,1H3,(H,24,26)/t12-/m1/s1. The molecule has 1 atom stereocenters. The summed E-state index contributed by atoms with van der Waals surface area (Å²) in [6.45, 7) is 1.56. The lowest BCUT2D eigenvalue weighted by molar-refractivity contribution is -0.151. The van der Waals surface area contributed by atoms with Crippen LogP contribution < -0.4 is 10.2 Å². The molecule has 3 rings (SSSR count). The van der Waals surface area contributed by atoms with Crippen molar-refractivity contribution in [3.8, 4) is 0 Å². The minimum Gasteiger partial charge on any atom is -0.455 e. The van der Waals surface area contributed by atoms with Crippen LogP contribution in [0.1, 0.15) is 12.0 Å². The summed E-state index contributed by atoms with van der Waals surface area (Å²) in [4.78, 5) is 38.1. The second kappa shape index (κ2) is 9.03. The number of aryl methyl sites for hydroxylation is 1. The smallest absolute Gasteiger partial charge is 0.311 e. The highest BCUT2D eigenvalue weighted by molar-refractivity contribution is 6.42. The van der Waals surface area contributed by atoms with Crippen molar-refractivity contribution in [2.45, 2.75) is 13.3 Å². The molecule has 2 aromatic carbocycles. The molecule has 1 heterocycles. The van der Waals surface area contributed by atoms with Gasteiger partial charge in [0.25, 0.3) is 5.91 Å². The molecule has 1 fully saturated rings. The SMILES string of the molecule is Cc1ccc(N2C[C@H](C(=O)OCC(=O)Nc3ccc(Cl)c(Cl)c3)CC2=O)cc1Cl. The van der Waals surface area contributed by atoms with Gasteiger partial charge in [0.15, 0.2) is 6.61 Å². The van der Waals surface area contributed by atoms with Crippen LogP contribution in [-0.4, -0.2) is 30.9 Å². The zero-order valence-electron chi connectivity index (χ0n) is 15.4. The van der Waals surface area contributed by atoms with Gasteiger partial charge in [0.05, 0.1) is 16.0 Å². The summed E-state index contributed by atoms with van der Waals surface area (Å²) in [5.41, 5.74) is 1.95. The van der Waals surface area contributed by atoms with Crippen LogP contribution in [0.5, 0.6) is 0 Å². The Balaban J connectivity index is 1.54. The number of carbonyl (C=O) groups excluding carboxylic acids is 3. The van der Waals surface area contributed by atoms with Crippen LogP contribution in [0, 0.1) is 12.8 Å². The van der Waals surface area contributed by atoms with E-state index in [2.05, 4.69) is 5.32 Å². The first kappa shape index (κ1) is 21.4. The average Bonchev–Trinajstić information content (AvgIpc) is 3.07. The summed E-state index contributed by atoms with van der Waals surface area (Å²) in [6.07, 6.45) is 0.0126. The number of anilines is 2. The highest BCUT2D eigenvalue weighted by Gasteiger charge is 2.36. The fourth-order valence-corrected chi connectivity index (χ4v) is 3.36. The number of ether oxygens (including phenoxy) is 1. The Morgan fingerprint density at radius 1 is 1.10 bits per heavy atom. The van der Waals surface area contributed by atoms with E-state index in [9.17, 15) is 14.4 Å². The molecular formula is C20H17Cl3N2O4. The number of rotatable bonds is 5. The molecule has 1 aliphatic rings. The van der Waals surface area contributed by atoms with E-state index in [-0.39, 0.29) is 18.9 Å². The van der Waals surface area contributed by atoms with Gasteiger partial charge in [-0.2, -0.15) is 0 Å². The predicted molar refractivity (Wildman–Crippen MR) is 113 cm³/mol. The van der Waals surface area contributed by atoms with Crippen LogP contribution in [0.4, 0.5) is 11.4 Å². The number of benzene rings is 2. The van der Waals surface area contributed by atoms with Crippen LogP contribution in [0.2, 0.25) is 15.1 Å². The second-order valence-corrected chi connectivity index (χ2v) is 7.85. The Labute approximate surface area is 182 Å². The lowest BCUT2D eigenvalue weighted by Gasteiger charge is -2.17. The normalized spacial score (nSPS) is 16.1. The summed E-state index contributed by atoms with van der Waals surface area (Å²) >= 11 is 17.8. The molecule has 0 unspecified atom stereocenters. The van der Waals surface area contributed by atoms with E-state index in [1.807, 2.05) is 13.0 Å². The van der Waals surface area contributed by atoms with Gasteiger partial charge in [-0.25, -0.2) is 0 Å². The maximum Gasteiger partial charge on any atom is 0.311 e. The monoisotopic (exact) mass is 454 g/mol. The maximum absolute atomic E-state index is 12.3. The Bertz CT molecular complexity index is 980. The minimum absolute atomic E-state index is 0.0126. The van der Waals surface area contributed by atoms with Gasteiger partial charge in [-0.05, 0) is 42.8 Å². The summed E-state index contributed by atoms with van der Waals surface area (Å²) in [5, 5.41) is 3.76. The molecule has 29 heavy (non-hydrogen) atoms. The van der Waals surface area contributed by atoms with Gasteiger partial charge < -0.3 is 15.0 Å². The summed E-state index contributed by atoms with van der Waals surface area (Å²) in [5.74, 6) is -1.99. The number of amides is 2. The number of esters is 1. The molecule has 152 valence electrons. The molecule has 9 heteroatoms. The fourth-order valence-electron chi connectivity index (χ4n) is 2.89. The van der Waals surface area contributed by atoms with Crippen LogP contribution in [0.25, 0.3) is 0 Å². The third-order valence-corrected chi connectivity index (χ3v) is 5.62. The van der Waals surface area contributed by atoms with E-state index in [0.717, 1.165) is 5.56 Å². The van der Waals surface area contributed by atoms with Gasteiger partial charge in [-0.1, -0.05) is 40.9 Å². The van der Waals surface area contributed by atoms with Crippen molar-refractivity contribution in [3.05, 3.63) is 57.0 Å². The Morgan fingerprint density at radius 2 is 1.86 bits per heavy atom. The van der Waals surface area contributed by atoms with Crippen LogP contribution in [0.15, 0.2) is 36.4 Å². The molecule has 0 aliphatic carbocycles. The Hall–Kier alpha value is -2.28. The largest absolute Gasteiger partial charge is 0.455 e. The number of nitrogens with one attached hydrogen (secondary N) is 1. The zero-order chi connectivity index (χ0) is 21.1. The molecule has 2 aromatic rings. The van der Waals surface area contributed by atoms with Crippen molar-refractivity contribution in [2.75, 3.05) is 23.4 Å². The summed E-state index contributed by atoms with van der Waals surface area (Å²) in [6, 6.07) is 9.88. The summed E-state index contributed by atoms with van der Waals surface area (Å²) < 4.78 is 5.07. The Morgan fingerprint density at radius 3 is 2.55 bits per heavy atom. The molecule has 1 saturated heterocycles. The number of hydrogen-bond acceptors (Lipinski definition) is 4. The van der Waals surface area contributed by atoms with E-state index in [1.54, 1.807) is 24.3 Å².